The first-order chi connectivity index (χ1) is 13.8. The Hall–Kier alpha value is -3.48. The fourth-order valence-electron chi connectivity index (χ4n) is 3.18. The molecule has 0 aromatic heterocycles. The number of aryl methyl sites for hydroxylation is 2. The normalized spacial score (nSPS) is 13.1. The Bertz CT molecular complexity index is 999. The zero-order chi connectivity index (χ0) is 21.1. The Morgan fingerprint density at radius 2 is 1.83 bits per heavy atom. The van der Waals surface area contributed by atoms with Crippen LogP contribution < -0.4 is 5.32 Å². The third-order valence-corrected chi connectivity index (χ3v) is 4.90. The van der Waals surface area contributed by atoms with Gasteiger partial charge < -0.3 is 10.2 Å². The van der Waals surface area contributed by atoms with Gasteiger partial charge in [-0.25, -0.2) is 0 Å². The maximum absolute atomic E-state index is 12.6. The summed E-state index contributed by atoms with van der Waals surface area (Å²) in [6.45, 7) is 3.24. The molecule has 2 aromatic rings. The summed E-state index contributed by atoms with van der Waals surface area (Å²) in [4.78, 5) is 51.9. The van der Waals surface area contributed by atoms with Gasteiger partial charge in [-0.05, 0) is 42.7 Å². The van der Waals surface area contributed by atoms with E-state index in [-0.39, 0.29) is 25.4 Å². The molecule has 0 spiro atoms. The molecule has 150 valence electrons. The van der Waals surface area contributed by atoms with Crippen LogP contribution in [-0.4, -0.2) is 53.6 Å². The van der Waals surface area contributed by atoms with E-state index in [1.165, 1.54) is 11.9 Å². The molecule has 1 N–H and O–H groups in total. The van der Waals surface area contributed by atoms with E-state index in [0.717, 1.165) is 16.0 Å². The van der Waals surface area contributed by atoms with E-state index in [4.69, 9.17) is 0 Å². The lowest BCUT2D eigenvalue weighted by molar-refractivity contribution is -0.138. The van der Waals surface area contributed by atoms with E-state index in [1.807, 2.05) is 32.0 Å². The highest BCUT2D eigenvalue weighted by atomic mass is 16.2. The summed E-state index contributed by atoms with van der Waals surface area (Å²) >= 11 is 0. The molecule has 0 unspecified atom stereocenters. The predicted octanol–water partition coefficient (Wildman–Crippen LogP) is 1.93. The number of fused-ring (bicyclic) bond motifs is 1. The molecule has 2 aromatic carbocycles. The average Bonchev–Trinajstić information content (AvgIpc) is 2.67. The standard InChI is InChI=1S/C22H23N3O4/c1-14-8-9-15(2)18(10-14)23-19(26)12-24(3)21(28)13-25-20(27)11-16-6-4-5-7-17(16)22(25)29/h4-10H,11-13H2,1-3H3,(H,23,26). The van der Waals surface area contributed by atoms with Crippen molar-refractivity contribution in [1.82, 2.24) is 9.80 Å². The van der Waals surface area contributed by atoms with E-state index >= 15 is 0 Å². The van der Waals surface area contributed by atoms with Gasteiger partial charge in [0.05, 0.1) is 13.0 Å². The lowest BCUT2D eigenvalue weighted by Crippen LogP contribution is -2.48. The number of benzene rings is 2. The smallest absolute Gasteiger partial charge is 0.261 e. The highest BCUT2D eigenvalue weighted by Gasteiger charge is 2.32. The van der Waals surface area contributed by atoms with Crippen LogP contribution in [-0.2, 0) is 20.8 Å². The van der Waals surface area contributed by atoms with E-state index in [9.17, 15) is 19.2 Å². The Balaban J connectivity index is 1.62. The van der Waals surface area contributed by atoms with Crippen LogP contribution in [0.2, 0.25) is 0 Å². The number of anilines is 1. The highest BCUT2D eigenvalue weighted by molar-refractivity contribution is 6.11. The van der Waals surface area contributed by atoms with Gasteiger partial charge in [0, 0.05) is 18.3 Å². The number of carbonyl (C=O) groups excluding carboxylic acids is 4. The largest absolute Gasteiger partial charge is 0.335 e. The molecule has 0 radical (unpaired) electrons. The number of nitrogens with zero attached hydrogens (tertiary/aromatic N) is 2. The summed E-state index contributed by atoms with van der Waals surface area (Å²) < 4.78 is 0. The fourth-order valence-corrected chi connectivity index (χ4v) is 3.18. The fraction of sp³-hybridized carbons (Fsp3) is 0.273. The monoisotopic (exact) mass is 393 g/mol. The van der Waals surface area contributed by atoms with Crippen LogP contribution in [0.15, 0.2) is 42.5 Å². The van der Waals surface area contributed by atoms with E-state index in [2.05, 4.69) is 5.32 Å². The summed E-state index contributed by atoms with van der Waals surface area (Å²) in [6.07, 6.45) is 0.0754. The lowest BCUT2D eigenvalue weighted by Gasteiger charge is -2.28. The number of nitrogens with one attached hydrogen (secondary N) is 1. The first kappa shape index (κ1) is 20.3. The van der Waals surface area contributed by atoms with Gasteiger partial charge in [0.15, 0.2) is 0 Å². The summed E-state index contributed by atoms with van der Waals surface area (Å²) in [7, 11) is 1.47. The van der Waals surface area contributed by atoms with Gasteiger partial charge in [-0.2, -0.15) is 0 Å². The molecule has 1 aliphatic heterocycles. The zero-order valence-corrected chi connectivity index (χ0v) is 16.7. The molecule has 0 saturated carbocycles. The van der Waals surface area contributed by atoms with Crippen LogP contribution in [0.3, 0.4) is 0 Å². The number of likely N-dealkylation sites (N-methyl/N-ethyl adjacent to an activating group) is 1. The number of hydrogen-bond acceptors (Lipinski definition) is 4. The minimum absolute atomic E-state index is 0.0754. The van der Waals surface area contributed by atoms with Crippen LogP contribution in [0.5, 0.6) is 0 Å². The minimum atomic E-state index is -0.488. The van der Waals surface area contributed by atoms with Crippen LogP contribution in [0.4, 0.5) is 5.69 Å². The lowest BCUT2D eigenvalue weighted by atomic mass is 9.98. The highest BCUT2D eigenvalue weighted by Crippen LogP contribution is 2.20. The minimum Gasteiger partial charge on any atom is -0.335 e. The molecule has 4 amide bonds. The van der Waals surface area contributed by atoms with Crippen molar-refractivity contribution < 1.29 is 19.2 Å². The second-order valence-electron chi connectivity index (χ2n) is 7.24. The van der Waals surface area contributed by atoms with Gasteiger partial charge in [-0.3, -0.25) is 24.1 Å². The van der Waals surface area contributed by atoms with Crippen LogP contribution in [0.25, 0.3) is 0 Å². The van der Waals surface area contributed by atoms with Crippen LogP contribution in [0.1, 0.15) is 27.0 Å². The Kier molecular flexibility index (Phi) is 5.77. The summed E-state index contributed by atoms with van der Waals surface area (Å²) in [5, 5.41) is 2.79. The Morgan fingerprint density at radius 1 is 1.10 bits per heavy atom. The van der Waals surface area contributed by atoms with Gasteiger partial charge >= 0.3 is 0 Å². The predicted molar refractivity (Wildman–Crippen MR) is 108 cm³/mol. The third kappa shape index (κ3) is 4.51. The van der Waals surface area contributed by atoms with Crippen LogP contribution >= 0.6 is 0 Å². The van der Waals surface area contributed by atoms with Gasteiger partial charge in [0.1, 0.15) is 6.54 Å². The summed E-state index contributed by atoms with van der Waals surface area (Å²) in [5.74, 6) is -1.74. The van der Waals surface area contributed by atoms with Crippen molar-refractivity contribution in [3.05, 3.63) is 64.7 Å². The first-order valence-corrected chi connectivity index (χ1v) is 9.30. The molecular weight excluding hydrogens is 370 g/mol. The summed E-state index contributed by atoms with van der Waals surface area (Å²) in [5.41, 5.74) is 3.70. The molecule has 3 rings (SSSR count). The van der Waals surface area contributed by atoms with Crippen molar-refractivity contribution in [3.63, 3.8) is 0 Å². The quantitative estimate of drug-likeness (QED) is 0.787. The maximum atomic E-state index is 12.6. The number of rotatable bonds is 5. The molecule has 0 aliphatic carbocycles. The molecular formula is C22H23N3O4. The van der Waals surface area contributed by atoms with Gasteiger partial charge in [-0.1, -0.05) is 30.3 Å². The molecule has 29 heavy (non-hydrogen) atoms. The van der Waals surface area contributed by atoms with Crippen molar-refractivity contribution >= 4 is 29.3 Å². The van der Waals surface area contributed by atoms with Crippen molar-refractivity contribution in [2.24, 2.45) is 0 Å². The number of hydrogen-bond donors (Lipinski definition) is 1. The topological polar surface area (TPSA) is 86.8 Å². The van der Waals surface area contributed by atoms with E-state index in [1.54, 1.807) is 24.3 Å². The molecule has 7 nitrogen and oxygen atoms in total. The summed E-state index contributed by atoms with van der Waals surface area (Å²) in [6, 6.07) is 12.6. The third-order valence-electron chi connectivity index (χ3n) is 4.90. The van der Waals surface area contributed by atoms with Gasteiger partial charge in [-0.15, -0.1) is 0 Å². The molecule has 0 fully saturated rings. The first-order valence-electron chi connectivity index (χ1n) is 9.30. The molecule has 1 aliphatic rings. The van der Waals surface area contributed by atoms with Gasteiger partial charge in [0.2, 0.25) is 17.7 Å². The Labute approximate surface area is 169 Å². The SMILES string of the molecule is Cc1ccc(C)c(NC(=O)CN(C)C(=O)CN2C(=O)Cc3ccccc3C2=O)c1. The van der Waals surface area contributed by atoms with Crippen molar-refractivity contribution in [2.75, 3.05) is 25.5 Å². The molecule has 0 atom stereocenters. The molecule has 1 heterocycles. The van der Waals surface area contributed by atoms with Crippen LogP contribution in [0, 0.1) is 13.8 Å². The average molecular weight is 393 g/mol. The molecule has 0 bridgehead atoms. The van der Waals surface area contributed by atoms with Crippen molar-refractivity contribution in [3.8, 4) is 0 Å². The molecule has 7 heteroatoms. The number of imide groups is 1. The number of carbonyl (C=O) groups is 4. The number of amides is 4. The second kappa shape index (κ2) is 8.26. The van der Waals surface area contributed by atoms with E-state index in [0.29, 0.717) is 16.8 Å². The van der Waals surface area contributed by atoms with Crippen molar-refractivity contribution in [1.29, 1.82) is 0 Å². The maximum Gasteiger partial charge on any atom is 0.261 e. The zero-order valence-electron chi connectivity index (χ0n) is 16.7. The van der Waals surface area contributed by atoms with E-state index < -0.39 is 17.7 Å². The van der Waals surface area contributed by atoms with Crippen molar-refractivity contribution in [2.45, 2.75) is 20.3 Å². The molecule has 0 saturated heterocycles. The van der Waals surface area contributed by atoms with Gasteiger partial charge in [0.25, 0.3) is 5.91 Å². The second-order valence-corrected chi connectivity index (χ2v) is 7.24. The Morgan fingerprint density at radius 3 is 2.59 bits per heavy atom.